The summed E-state index contributed by atoms with van der Waals surface area (Å²) >= 11 is 0. The standard InChI is InChI=1S/C58H79N5O12/c1-41(2)51(56(68)61-52(17-11-28-60-57(59)69)54(66)37-44-19-21-45(22-20-44)40-75-58(70)63(42(3)4)43(5)6)38-50(65)27-30-72-32-34-74-36-35-73-33-31-71-29-12-16-49(64)25-26-55(67)62-39-48-15-8-7-13-46(48)23-24-47-14-9-10-18-53(47)62/h7-10,13-15,18-22,41-43,51-52H,11-12,16-17,25-40H2,1-6H3,(H,61,68)(H3,59,60,69)/t51-,52-/m0/s1. The summed E-state index contributed by atoms with van der Waals surface area (Å²) in [7, 11) is 0. The van der Waals surface area contributed by atoms with Gasteiger partial charge in [-0.2, -0.15) is 0 Å². The van der Waals surface area contributed by atoms with Crippen molar-refractivity contribution in [2.24, 2.45) is 17.6 Å². The number of carbonyl (C=O) groups is 7. The average molecular weight is 1040 g/mol. The molecule has 1 aliphatic rings. The molecular weight excluding hydrogens is 959 g/mol. The third kappa shape index (κ3) is 22.5. The Labute approximate surface area is 443 Å². The topological polar surface area (TPSA) is 222 Å². The second-order valence-electron chi connectivity index (χ2n) is 19.4. The minimum Gasteiger partial charge on any atom is -0.445 e. The van der Waals surface area contributed by atoms with Crippen LogP contribution in [0.3, 0.4) is 0 Å². The number of Topliss-reactive ketones (excluding diaryl/α,β-unsaturated/α-hetero) is 3. The number of hydrogen-bond donors (Lipinski definition) is 3. The van der Waals surface area contributed by atoms with Crippen LogP contribution in [0.5, 0.6) is 0 Å². The van der Waals surface area contributed by atoms with Crippen molar-refractivity contribution in [3.63, 3.8) is 0 Å². The molecule has 5 amide bonds. The number of para-hydroxylation sites is 1. The number of nitrogens with two attached hydrogens (primary N) is 1. The minimum atomic E-state index is -0.869. The van der Waals surface area contributed by atoms with E-state index in [1.807, 2.05) is 90.1 Å². The van der Waals surface area contributed by atoms with E-state index >= 15 is 0 Å². The van der Waals surface area contributed by atoms with Gasteiger partial charge in [-0.3, -0.25) is 24.0 Å². The lowest BCUT2D eigenvalue weighted by Crippen LogP contribution is -2.46. The van der Waals surface area contributed by atoms with E-state index in [-0.39, 0.29) is 106 Å². The normalized spacial score (nSPS) is 12.6. The Kier molecular flexibility index (Phi) is 27.3. The number of nitrogens with zero attached hydrogens (tertiary/aromatic N) is 2. The molecule has 4 N–H and O–H groups in total. The molecule has 0 saturated heterocycles. The Morgan fingerprint density at radius 2 is 1.24 bits per heavy atom. The third-order valence-corrected chi connectivity index (χ3v) is 12.5. The van der Waals surface area contributed by atoms with Crippen molar-refractivity contribution in [2.45, 2.75) is 131 Å². The van der Waals surface area contributed by atoms with E-state index in [1.165, 1.54) is 0 Å². The summed E-state index contributed by atoms with van der Waals surface area (Å²) in [6, 6.07) is 20.9. The molecule has 408 valence electrons. The van der Waals surface area contributed by atoms with Gasteiger partial charge in [0.25, 0.3) is 0 Å². The van der Waals surface area contributed by atoms with Gasteiger partial charge in [0.2, 0.25) is 11.8 Å². The number of rotatable bonds is 35. The van der Waals surface area contributed by atoms with Gasteiger partial charge in [0.05, 0.1) is 64.5 Å². The molecule has 0 aliphatic carbocycles. The molecule has 2 atom stereocenters. The number of anilines is 1. The highest BCUT2D eigenvalue weighted by atomic mass is 16.6. The minimum absolute atomic E-state index is 0.0116. The zero-order chi connectivity index (χ0) is 54.5. The van der Waals surface area contributed by atoms with Crippen molar-refractivity contribution >= 4 is 47.0 Å². The molecule has 0 unspecified atom stereocenters. The molecule has 0 saturated carbocycles. The molecule has 75 heavy (non-hydrogen) atoms. The number of benzene rings is 3. The van der Waals surface area contributed by atoms with Crippen LogP contribution >= 0.6 is 0 Å². The van der Waals surface area contributed by atoms with E-state index in [9.17, 15) is 33.6 Å². The second-order valence-corrected chi connectivity index (χ2v) is 19.4. The molecule has 0 spiro atoms. The summed E-state index contributed by atoms with van der Waals surface area (Å²) in [5.41, 5.74) is 10.1. The fourth-order valence-corrected chi connectivity index (χ4v) is 8.44. The van der Waals surface area contributed by atoms with E-state index in [2.05, 4.69) is 22.5 Å². The van der Waals surface area contributed by atoms with Gasteiger partial charge in [-0.25, -0.2) is 9.59 Å². The van der Waals surface area contributed by atoms with E-state index in [1.54, 1.807) is 34.1 Å². The first kappa shape index (κ1) is 61.1. The van der Waals surface area contributed by atoms with Gasteiger partial charge >= 0.3 is 12.1 Å². The Balaban J connectivity index is 1.05. The highest BCUT2D eigenvalue weighted by Gasteiger charge is 2.30. The first-order valence-electron chi connectivity index (χ1n) is 26.3. The van der Waals surface area contributed by atoms with Gasteiger partial charge < -0.3 is 49.9 Å². The maximum atomic E-state index is 13.7. The SMILES string of the molecule is CC(C)[C@H](CC(=O)CCOCCOCCOCCOCCCC(=O)CCC(=O)N1Cc2ccccc2C#Cc2ccccc21)C(=O)N[C@@H](CCCNC(N)=O)C(=O)Cc1ccc(COC(=O)N(C(C)C)C(C)C)cc1. The van der Waals surface area contributed by atoms with Gasteiger partial charge in [0.15, 0.2) is 5.78 Å². The maximum Gasteiger partial charge on any atom is 0.410 e. The van der Waals surface area contributed by atoms with Gasteiger partial charge in [0, 0.05) is 80.8 Å². The van der Waals surface area contributed by atoms with Crippen molar-refractivity contribution in [1.82, 2.24) is 15.5 Å². The number of fused-ring (bicyclic) bond motifs is 2. The molecule has 0 radical (unpaired) electrons. The Morgan fingerprint density at radius 1 is 0.653 bits per heavy atom. The fourth-order valence-electron chi connectivity index (χ4n) is 8.44. The summed E-state index contributed by atoms with van der Waals surface area (Å²) < 4.78 is 27.9. The van der Waals surface area contributed by atoms with Crippen molar-refractivity contribution in [2.75, 3.05) is 64.3 Å². The summed E-state index contributed by atoms with van der Waals surface area (Å²) in [6.07, 6.45) is 1.49. The van der Waals surface area contributed by atoms with Crippen LogP contribution in [0, 0.1) is 23.7 Å². The highest BCUT2D eigenvalue weighted by molar-refractivity contribution is 5.97. The second kappa shape index (κ2) is 33.5. The zero-order valence-corrected chi connectivity index (χ0v) is 44.8. The van der Waals surface area contributed by atoms with Crippen LogP contribution in [-0.4, -0.2) is 124 Å². The van der Waals surface area contributed by atoms with Gasteiger partial charge in [-0.15, -0.1) is 0 Å². The van der Waals surface area contributed by atoms with Crippen LogP contribution in [0.2, 0.25) is 0 Å². The Morgan fingerprint density at radius 3 is 1.88 bits per heavy atom. The van der Waals surface area contributed by atoms with Crippen molar-refractivity contribution < 1.29 is 57.2 Å². The van der Waals surface area contributed by atoms with E-state index in [0.717, 1.165) is 27.9 Å². The largest absolute Gasteiger partial charge is 0.445 e. The highest BCUT2D eigenvalue weighted by Crippen LogP contribution is 2.26. The lowest BCUT2D eigenvalue weighted by Gasteiger charge is -2.29. The summed E-state index contributed by atoms with van der Waals surface area (Å²) in [6.45, 7) is 14.7. The molecule has 0 aromatic heterocycles. The van der Waals surface area contributed by atoms with Crippen molar-refractivity contribution in [3.8, 4) is 11.8 Å². The molecule has 0 fully saturated rings. The summed E-state index contributed by atoms with van der Waals surface area (Å²) in [4.78, 5) is 93.7. The van der Waals surface area contributed by atoms with E-state index in [0.29, 0.717) is 71.0 Å². The van der Waals surface area contributed by atoms with Crippen LogP contribution in [0.15, 0.2) is 72.8 Å². The zero-order valence-electron chi connectivity index (χ0n) is 44.8. The summed E-state index contributed by atoms with van der Waals surface area (Å²) in [5, 5.41) is 5.41. The number of ether oxygens (including phenoxy) is 5. The number of amides is 5. The van der Waals surface area contributed by atoms with Gasteiger partial charge in [0.1, 0.15) is 18.2 Å². The van der Waals surface area contributed by atoms with Crippen LogP contribution in [0.1, 0.15) is 121 Å². The number of urea groups is 1. The Bertz CT molecular complexity index is 2370. The molecular formula is C58H79N5O12. The number of hydrogen-bond acceptors (Lipinski definition) is 12. The first-order chi connectivity index (χ1) is 36.0. The van der Waals surface area contributed by atoms with E-state index in [4.69, 9.17) is 29.4 Å². The lowest BCUT2D eigenvalue weighted by molar-refractivity contribution is -0.134. The molecule has 3 aromatic rings. The lowest BCUT2D eigenvalue weighted by atomic mass is 9.88. The molecule has 17 nitrogen and oxygen atoms in total. The number of carbonyl (C=O) groups excluding carboxylic acids is 7. The van der Waals surface area contributed by atoms with Gasteiger partial charge in [-0.05, 0) is 87.8 Å². The van der Waals surface area contributed by atoms with Crippen LogP contribution in [0.25, 0.3) is 0 Å². The van der Waals surface area contributed by atoms with Crippen LogP contribution in [0.4, 0.5) is 15.3 Å². The van der Waals surface area contributed by atoms with Crippen molar-refractivity contribution in [3.05, 3.63) is 101 Å². The monoisotopic (exact) mass is 1040 g/mol. The quantitative estimate of drug-likeness (QED) is 0.0392. The Hall–Kier alpha value is -6.45. The van der Waals surface area contributed by atoms with Gasteiger partial charge in [-0.1, -0.05) is 80.3 Å². The van der Waals surface area contributed by atoms with E-state index < -0.39 is 30.0 Å². The van der Waals surface area contributed by atoms with Crippen LogP contribution < -0.4 is 21.3 Å². The predicted octanol–water partition coefficient (Wildman–Crippen LogP) is 7.25. The number of primary amides is 1. The number of ketones is 3. The first-order valence-corrected chi connectivity index (χ1v) is 26.3. The fraction of sp³-hybridized carbons (Fsp3) is 0.534. The third-order valence-electron chi connectivity index (χ3n) is 12.5. The molecule has 1 heterocycles. The summed E-state index contributed by atoms with van der Waals surface area (Å²) in [5.74, 6) is 4.65. The molecule has 4 rings (SSSR count). The molecule has 1 aliphatic heterocycles. The average Bonchev–Trinajstić information content (AvgIpc) is 3.36. The molecule has 3 aromatic carbocycles. The number of nitrogens with one attached hydrogen (secondary N) is 2. The molecule has 0 bridgehead atoms. The van der Waals surface area contributed by atoms with Crippen molar-refractivity contribution in [1.29, 1.82) is 0 Å². The molecule has 17 heteroatoms. The van der Waals surface area contributed by atoms with Crippen LogP contribution in [-0.2, 0) is 67.2 Å². The predicted molar refractivity (Wildman–Crippen MR) is 286 cm³/mol. The smallest absolute Gasteiger partial charge is 0.410 e. The maximum absolute atomic E-state index is 13.7.